The molecule has 0 aliphatic heterocycles. The van der Waals surface area contributed by atoms with Crippen molar-refractivity contribution in [1.29, 1.82) is 0 Å². The highest BCUT2D eigenvalue weighted by molar-refractivity contribution is 4.97. The first kappa shape index (κ1) is 12.0. The van der Waals surface area contributed by atoms with Crippen LogP contribution in [0, 0.1) is 5.92 Å². The van der Waals surface area contributed by atoms with E-state index >= 15 is 0 Å². The van der Waals surface area contributed by atoms with Gasteiger partial charge in [-0.25, -0.2) is 0 Å². The van der Waals surface area contributed by atoms with E-state index in [9.17, 15) is 5.11 Å². The van der Waals surface area contributed by atoms with Crippen molar-refractivity contribution < 1.29 is 5.11 Å². The molecule has 0 saturated heterocycles. The van der Waals surface area contributed by atoms with Crippen LogP contribution in [0.4, 0.5) is 0 Å². The Bertz CT molecular complexity index is 171. The van der Waals surface area contributed by atoms with Gasteiger partial charge in [0.05, 0.1) is 6.10 Å². The fourth-order valence-corrected chi connectivity index (χ4v) is 2.72. The molecule has 0 aromatic heterocycles. The van der Waals surface area contributed by atoms with Gasteiger partial charge in [0.25, 0.3) is 0 Å². The lowest BCUT2D eigenvalue weighted by Gasteiger charge is -2.47. The molecule has 0 aromatic rings. The number of rotatable bonds is 3. The van der Waals surface area contributed by atoms with Crippen LogP contribution in [0.15, 0.2) is 0 Å². The molecule has 1 rings (SSSR count). The molecule has 2 nitrogen and oxygen atoms in total. The minimum atomic E-state index is -0.162. The zero-order chi connectivity index (χ0) is 10.8. The van der Waals surface area contributed by atoms with Crippen molar-refractivity contribution in [3.63, 3.8) is 0 Å². The maximum absolute atomic E-state index is 10.1. The Labute approximate surface area is 88.3 Å². The molecule has 0 radical (unpaired) electrons. The molecule has 0 spiro atoms. The molecule has 14 heavy (non-hydrogen) atoms. The number of hydrogen-bond acceptors (Lipinski definition) is 2. The maximum atomic E-state index is 10.1. The van der Waals surface area contributed by atoms with E-state index in [2.05, 4.69) is 32.8 Å². The maximum Gasteiger partial charge on any atom is 0.0721 e. The standard InChI is InChI=1S/C12H25NO/c1-5-11(14)12(13(3)4)8-6-10(2)7-9-12/h10-11,14H,5-9H2,1-4H3. The minimum absolute atomic E-state index is 0.0568. The first-order valence-corrected chi connectivity index (χ1v) is 5.88. The highest BCUT2D eigenvalue weighted by atomic mass is 16.3. The number of likely N-dealkylation sites (N-methyl/N-ethyl adjacent to an activating group) is 1. The van der Waals surface area contributed by atoms with Crippen molar-refractivity contribution in [2.75, 3.05) is 14.1 Å². The second-order valence-electron chi connectivity index (χ2n) is 5.10. The quantitative estimate of drug-likeness (QED) is 0.753. The SMILES string of the molecule is CCC(O)C1(N(C)C)CCC(C)CC1. The van der Waals surface area contributed by atoms with Crippen molar-refractivity contribution in [1.82, 2.24) is 4.90 Å². The van der Waals surface area contributed by atoms with Crippen molar-refractivity contribution in [3.8, 4) is 0 Å². The zero-order valence-electron chi connectivity index (χ0n) is 10.1. The summed E-state index contributed by atoms with van der Waals surface area (Å²) >= 11 is 0. The molecule has 0 bridgehead atoms. The van der Waals surface area contributed by atoms with Crippen LogP contribution in [0.3, 0.4) is 0 Å². The molecule has 0 heterocycles. The normalized spacial score (nSPS) is 36.0. The van der Waals surface area contributed by atoms with Crippen LogP contribution < -0.4 is 0 Å². The first-order valence-electron chi connectivity index (χ1n) is 5.88. The van der Waals surface area contributed by atoms with Crippen LogP contribution in [-0.4, -0.2) is 35.7 Å². The molecule has 1 saturated carbocycles. The van der Waals surface area contributed by atoms with E-state index in [0.717, 1.165) is 25.2 Å². The third-order valence-corrected chi connectivity index (χ3v) is 4.04. The van der Waals surface area contributed by atoms with Gasteiger partial charge in [-0.2, -0.15) is 0 Å². The van der Waals surface area contributed by atoms with Gasteiger partial charge in [-0.15, -0.1) is 0 Å². The summed E-state index contributed by atoms with van der Waals surface area (Å²) in [6.07, 6.45) is 5.52. The number of nitrogens with zero attached hydrogens (tertiary/aromatic N) is 1. The Morgan fingerprint density at radius 3 is 2.21 bits per heavy atom. The molecule has 0 amide bonds. The van der Waals surface area contributed by atoms with E-state index in [-0.39, 0.29) is 11.6 Å². The Morgan fingerprint density at radius 2 is 1.86 bits per heavy atom. The summed E-state index contributed by atoms with van der Waals surface area (Å²) in [6, 6.07) is 0. The topological polar surface area (TPSA) is 23.5 Å². The summed E-state index contributed by atoms with van der Waals surface area (Å²) in [6.45, 7) is 4.39. The van der Waals surface area contributed by atoms with Gasteiger partial charge in [-0.1, -0.05) is 13.8 Å². The second kappa shape index (κ2) is 4.63. The molecular formula is C12H25NO. The average molecular weight is 199 g/mol. The lowest BCUT2D eigenvalue weighted by atomic mass is 9.72. The molecule has 2 heteroatoms. The molecule has 1 N–H and O–H groups in total. The van der Waals surface area contributed by atoms with Crippen molar-refractivity contribution in [2.24, 2.45) is 5.92 Å². The third-order valence-electron chi connectivity index (χ3n) is 4.04. The van der Waals surface area contributed by atoms with Gasteiger partial charge < -0.3 is 10.0 Å². The summed E-state index contributed by atoms with van der Waals surface area (Å²) in [5.74, 6) is 0.840. The van der Waals surface area contributed by atoms with E-state index in [1.54, 1.807) is 0 Å². The van der Waals surface area contributed by atoms with Gasteiger partial charge in [-0.05, 0) is 52.1 Å². The predicted molar refractivity (Wildman–Crippen MR) is 60.3 cm³/mol. The Morgan fingerprint density at radius 1 is 1.36 bits per heavy atom. The summed E-state index contributed by atoms with van der Waals surface area (Å²) in [7, 11) is 4.21. The molecule has 1 unspecified atom stereocenters. The van der Waals surface area contributed by atoms with Crippen LogP contribution >= 0.6 is 0 Å². The summed E-state index contributed by atoms with van der Waals surface area (Å²) in [4.78, 5) is 2.24. The minimum Gasteiger partial charge on any atom is -0.391 e. The van der Waals surface area contributed by atoms with E-state index < -0.39 is 0 Å². The summed E-state index contributed by atoms with van der Waals surface area (Å²) < 4.78 is 0. The van der Waals surface area contributed by atoms with Gasteiger partial charge >= 0.3 is 0 Å². The summed E-state index contributed by atoms with van der Waals surface area (Å²) in [5, 5.41) is 10.1. The van der Waals surface area contributed by atoms with Crippen LogP contribution in [0.2, 0.25) is 0 Å². The smallest absolute Gasteiger partial charge is 0.0721 e. The highest BCUT2D eigenvalue weighted by Gasteiger charge is 2.41. The van der Waals surface area contributed by atoms with Gasteiger partial charge in [-0.3, -0.25) is 0 Å². The van der Waals surface area contributed by atoms with Crippen molar-refractivity contribution in [3.05, 3.63) is 0 Å². The lowest BCUT2D eigenvalue weighted by molar-refractivity contribution is -0.0401. The lowest BCUT2D eigenvalue weighted by Crippen LogP contribution is -2.55. The zero-order valence-corrected chi connectivity index (χ0v) is 10.1. The number of aliphatic hydroxyl groups excluding tert-OH is 1. The Kier molecular flexibility index (Phi) is 3.96. The van der Waals surface area contributed by atoms with Crippen LogP contribution in [0.1, 0.15) is 46.0 Å². The molecule has 1 aliphatic rings. The van der Waals surface area contributed by atoms with E-state index in [0.29, 0.717) is 0 Å². The average Bonchev–Trinajstić information content (AvgIpc) is 2.18. The van der Waals surface area contributed by atoms with Crippen LogP contribution in [0.5, 0.6) is 0 Å². The number of aliphatic hydroxyl groups is 1. The van der Waals surface area contributed by atoms with Gasteiger partial charge in [0, 0.05) is 5.54 Å². The molecule has 1 atom stereocenters. The molecule has 84 valence electrons. The van der Waals surface area contributed by atoms with E-state index in [4.69, 9.17) is 0 Å². The van der Waals surface area contributed by atoms with E-state index in [1.807, 2.05) is 0 Å². The Balaban J connectivity index is 2.73. The Hall–Kier alpha value is -0.0800. The van der Waals surface area contributed by atoms with Crippen LogP contribution in [-0.2, 0) is 0 Å². The van der Waals surface area contributed by atoms with Crippen LogP contribution in [0.25, 0.3) is 0 Å². The van der Waals surface area contributed by atoms with Crippen molar-refractivity contribution >= 4 is 0 Å². The number of hydrogen-bond donors (Lipinski definition) is 1. The molecule has 0 aromatic carbocycles. The van der Waals surface area contributed by atoms with Gasteiger partial charge in [0.2, 0.25) is 0 Å². The first-order chi connectivity index (χ1) is 6.53. The third kappa shape index (κ3) is 2.12. The van der Waals surface area contributed by atoms with E-state index in [1.165, 1.54) is 12.8 Å². The highest BCUT2D eigenvalue weighted by Crippen LogP contribution is 2.38. The fourth-order valence-electron chi connectivity index (χ4n) is 2.72. The van der Waals surface area contributed by atoms with Gasteiger partial charge in [0.1, 0.15) is 0 Å². The second-order valence-corrected chi connectivity index (χ2v) is 5.10. The molecular weight excluding hydrogens is 174 g/mol. The van der Waals surface area contributed by atoms with Gasteiger partial charge in [0.15, 0.2) is 0 Å². The monoisotopic (exact) mass is 199 g/mol. The molecule has 1 aliphatic carbocycles. The fraction of sp³-hybridized carbons (Fsp3) is 1.00. The summed E-state index contributed by atoms with van der Waals surface area (Å²) in [5.41, 5.74) is 0.0568. The largest absolute Gasteiger partial charge is 0.391 e. The molecule has 1 fully saturated rings. The predicted octanol–water partition coefficient (Wildman–Crippen LogP) is 2.27. The van der Waals surface area contributed by atoms with Crippen molar-refractivity contribution in [2.45, 2.75) is 57.6 Å².